The van der Waals surface area contributed by atoms with Gasteiger partial charge >= 0.3 is 5.97 Å². The number of carbonyl (C=O) groups is 2. The third-order valence-electron chi connectivity index (χ3n) is 1.11. The van der Waals surface area contributed by atoms with Crippen LogP contribution in [0, 0.1) is 5.92 Å². The molecule has 0 aliphatic carbocycles. The van der Waals surface area contributed by atoms with Crippen LogP contribution in [0.3, 0.4) is 0 Å². The number of carbonyl (C=O) groups excluding carboxylic acids is 2. The fraction of sp³-hybridized carbons (Fsp3) is 0.750. The molecule has 0 heterocycles. The SMILES string of the molecule is CCOC(=O)CSC(=O)C(C)C. The van der Waals surface area contributed by atoms with Crippen molar-refractivity contribution < 1.29 is 14.3 Å². The standard InChI is InChI=1S/C8H14O3S/c1-4-11-7(9)5-12-8(10)6(2)3/h6H,4-5H2,1-3H3. The van der Waals surface area contributed by atoms with Gasteiger partial charge in [-0.15, -0.1) is 0 Å². The summed E-state index contributed by atoms with van der Waals surface area (Å²) in [5, 5.41) is 0.0306. The molecule has 0 aliphatic heterocycles. The number of ether oxygens (including phenoxy) is 1. The van der Waals surface area contributed by atoms with Gasteiger partial charge in [-0.1, -0.05) is 25.6 Å². The highest BCUT2D eigenvalue weighted by molar-refractivity contribution is 8.14. The first kappa shape index (κ1) is 11.5. The molecule has 0 bridgehead atoms. The second-order valence-corrected chi connectivity index (χ2v) is 3.55. The van der Waals surface area contributed by atoms with E-state index in [1.54, 1.807) is 20.8 Å². The Morgan fingerprint density at radius 3 is 2.42 bits per heavy atom. The van der Waals surface area contributed by atoms with Crippen molar-refractivity contribution in [2.75, 3.05) is 12.4 Å². The first-order chi connectivity index (χ1) is 5.57. The van der Waals surface area contributed by atoms with Crippen molar-refractivity contribution >= 4 is 22.8 Å². The highest BCUT2D eigenvalue weighted by Crippen LogP contribution is 2.10. The molecule has 70 valence electrons. The second-order valence-electron chi connectivity index (χ2n) is 2.57. The Labute approximate surface area is 76.9 Å². The van der Waals surface area contributed by atoms with Crippen molar-refractivity contribution in [1.82, 2.24) is 0 Å². The van der Waals surface area contributed by atoms with Crippen LogP contribution in [0.2, 0.25) is 0 Å². The number of esters is 1. The topological polar surface area (TPSA) is 43.4 Å². The predicted octanol–water partition coefficient (Wildman–Crippen LogP) is 1.47. The summed E-state index contributed by atoms with van der Waals surface area (Å²) in [6, 6.07) is 0. The number of thioether (sulfide) groups is 1. The van der Waals surface area contributed by atoms with Gasteiger partial charge in [0.15, 0.2) is 5.12 Å². The maximum Gasteiger partial charge on any atom is 0.316 e. The lowest BCUT2D eigenvalue weighted by Crippen LogP contribution is -2.11. The monoisotopic (exact) mass is 190 g/mol. The molecule has 0 unspecified atom stereocenters. The molecular formula is C8H14O3S. The summed E-state index contributed by atoms with van der Waals surface area (Å²) in [4.78, 5) is 21.8. The summed E-state index contributed by atoms with van der Waals surface area (Å²) in [5.41, 5.74) is 0. The molecule has 0 spiro atoms. The van der Waals surface area contributed by atoms with Crippen LogP contribution in [0.5, 0.6) is 0 Å². The molecule has 0 aromatic rings. The van der Waals surface area contributed by atoms with Crippen LogP contribution in [0.15, 0.2) is 0 Å². The van der Waals surface area contributed by atoms with Crippen LogP contribution in [-0.2, 0) is 14.3 Å². The van der Waals surface area contributed by atoms with E-state index in [4.69, 9.17) is 0 Å². The lowest BCUT2D eigenvalue weighted by Gasteiger charge is -2.02. The van der Waals surface area contributed by atoms with E-state index in [1.807, 2.05) is 0 Å². The van der Waals surface area contributed by atoms with Gasteiger partial charge in [0.2, 0.25) is 0 Å². The van der Waals surface area contributed by atoms with E-state index in [0.717, 1.165) is 11.8 Å². The molecule has 0 rings (SSSR count). The van der Waals surface area contributed by atoms with Crippen molar-refractivity contribution in [3.63, 3.8) is 0 Å². The molecule has 0 aromatic heterocycles. The minimum Gasteiger partial charge on any atom is -0.465 e. The quantitative estimate of drug-likeness (QED) is 0.629. The molecule has 0 aromatic carbocycles. The average molecular weight is 190 g/mol. The summed E-state index contributed by atoms with van der Waals surface area (Å²) in [6.45, 7) is 5.73. The van der Waals surface area contributed by atoms with Crippen molar-refractivity contribution in [3.8, 4) is 0 Å². The molecule has 0 saturated heterocycles. The number of hydrogen-bond acceptors (Lipinski definition) is 4. The van der Waals surface area contributed by atoms with Gasteiger partial charge in [-0.25, -0.2) is 0 Å². The Morgan fingerprint density at radius 1 is 1.42 bits per heavy atom. The molecule has 0 atom stereocenters. The predicted molar refractivity (Wildman–Crippen MR) is 48.9 cm³/mol. The van der Waals surface area contributed by atoms with Crippen LogP contribution in [0.25, 0.3) is 0 Å². The molecule has 0 N–H and O–H groups in total. The minimum atomic E-state index is -0.323. The fourth-order valence-corrected chi connectivity index (χ4v) is 1.18. The molecule has 12 heavy (non-hydrogen) atoms. The van der Waals surface area contributed by atoms with Crippen molar-refractivity contribution in [3.05, 3.63) is 0 Å². The van der Waals surface area contributed by atoms with Gasteiger partial charge in [0, 0.05) is 5.92 Å². The van der Waals surface area contributed by atoms with Gasteiger partial charge in [-0.05, 0) is 6.92 Å². The molecule has 4 heteroatoms. The highest BCUT2D eigenvalue weighted by atomic mass is 32.2. The molecule has 0 aliphatic rings. The Hall–Kier alpha value is -0.510. The number of rotatable bonds is 4. The lowest BCUT2D eigenvalue weighted by molar-refractivity contribution is -0.140. The molecular weight excluding hydrogens is 176 g/mol. The smallest absolute Gasteiger partial charge is 0.316 e. The Morgan fingerprint density at radius 2 is 2.00 bits per heavy atom. The van der Waals surface area contributed by atoms with E-state index in [1.165, 1.54) is 0 Å². The molecule has 0 saturated carbocycles. The van der Waals surface area contributed by atoms with Gasteiger partial charge in [0.25, 0.3) is 0 Å². The maximum atomic E-state index is 11.0. The van der Waals surface area contributed by atoms with Crippen molar-refractivity contribution in [1.29, 1.82) is 0 Å². The zero-order valence-corrected chi connectivity index (χ0v) is 8.44. The summed E-state index contributed by atoms with van der Waals surface area (Å²) >= 11 is 1.02. The van der Waals surface area contributed by atoms with Crippen LogP contribution in [0.1, 0.15) is 20.8 Å². The molecule has 0 radical (unpaired) electrons. The molecule has 3 nitrogen and oxygen atoms in total. The van der Waals surface area contributed by atoms with Crippen LogP contribution in [0.4, 0.5) is 0 Å². The van der Waals surface area contributed by atoms with E-state index in [-0.39, 0.29) is 22.8 Å². The van der Waals surface area contributed by atoms with Crippen LogP contribution in [-0.4, -0.2) is 23.4 Å². The maximum absolute atomic E-state index is 11.0. The van der Waals surface area contributed by atoms with Crippen molar-refractivity contribution in [2.24, 2.45) is 5.92 Å². The van der Waals surface area contributed by atoms with E-state index < -0.39 is 0 Å². The summed E-state index contributed by atoms with van der Waals surface area (Å²) in [7, 11) is 0. The normalized spacial score (nSPS) is 10.0. The Bertz CT molecular complexity index is 166. The first-order valence-electron chi connectivity index (χ1n) is 3.90. The van der Waals surface area contributed by atoms with Gasteiger partial charge in [0.05, 0.1) is 12.4 Å². The van der Waals surface area contributed by atoms with E-state index in [2.05, 4.69) is 4.74 Å². The highest BCUT2D eigenvalue weighted by Gasteiger charge is 2.10. The second kappa shape index (κ2) is 6.06. The summed E-state index contributed by atoms with van der Waals surface area (Å²) < 4.78 is 4.66. The third-order valence-corrected chi connectivity index (χ3v) is 2.24. The zero-order chi connectivity index (χ0) is 9.56. The fourth-order valence-electron chi connectivity index (χ4n) is 0.499. The Balaban J connectivity index is 3.54. The first-order valence-corrected chi connectivity index (χ1v) is 4.88. The third kappa shape index (κ3) is 5.18. The van der Waals surface area contributed by atoms with Gasteiger partial charge in [-0.3, -0.25) is 9.59 Å². The van der Waals surface area contributed by atoms with Crippen LogP contribution >= 0.6 is 11.8 Å². The molecule has 0 amide bonds. The van der Waals surface area contributed by atoms with E-state index in [0.29, 0.717) is 6.61 Å². The Kier molecular flexibility index (Phi) is 5.80. The largest absolute Gasteiger partial charge is 0.465 e. The van der Waals surface area contributed by atoms with Gasteiger partial charge in [0.1, 0.15) is 0 Å². The van der Waals surface area contributed by atoms with Crippen molar-refractivity contribution in [2.45, 2.75) is 20.8 Å². The summed E-state index contributed by atoms with van der Waals surface area (Å²) in [6.07, 6.45) is 0. The average Bonchev–Trinajstić information content (AvgIpc) is 2.00. The minimum absolute atomic E-state index is 0.0237. The van der Waals surface area contributed by atoms with E-state index >= 15 is 0 Å². The van der Waals surface area contributed by atoms with Gasteiger partial charge in [-0.2, -0.15) is 0 Å². The zero-order valence-electron chi connectivity index (χ0n) is 7.62. The summed E-state index contributed by atoms with van der Waals surface area (Å²) in [5.74, 6) is -0.217. The number of hydrogen-bond donors (Lipinski definition) is 0. The lowest BCUT2D eigenvalue weighted by atomic mass is 10.3. The molecule has 0 fully saturated rings. The van der Waals surface area contributed by atoms with E-state index in [9.17, 15) is 9.59 Å². The van der Waals surface area contributed by atoms with Crippen LogP contribution < -0.4 is 0 Å². The van der Waals surface area contributed by atoms with Gasteiger partial charge < -0.3 is 4.74 Å².